The summed E-state index contributed by atoms with van der Waals surface area (Å²) in [5.74, 6) is 0.849. The lowest BCUT2D eigenvalue weighted by atomic mass is 9.63. The van der Waals surface area contributed by atoms with Gasteiger partial charge in [0.05, 0.1) is 11.7 Å². The fourth-order valence-corrected chi connectivity index (χ4v) is 5.30. The van der Waals surface area contributed by atoms with Crippen LogP contribution in [0.2, 0.25) is 0 Å². The maximum atomic E-state index is 13.0. The van der Waals surface area contributed by atoms with Gasteiger partial charge in [0.1, 0.15) is 0 Å². The van der Waals surface area contributed by atoms with Gasteiger partial charge in [-0.05, 0) is 75.1 Å². The van der Waals surface area contributed by atoms with Crippen molar-refractivity contribution in [2.75, 3.05) is 0 Å². The molecule has 0 N–H and O–H groups in total. The summed E-state index contributed by atoms with van der Waals surface area (Å²) in [4.78, 5) is 27.3. The van der Waals surface area contributed by atoms with Crippen molar-refractivity contribution >= 4 is 11.9 Å². The van der Waals surface area contributed by atoms with Crippen LogP contribution in [0.5, 0.6) is 0 Å². The number of rotatable bonds is 3. The molecule has 0 bridgehead atoms. The van der Waals surface area contributed by atoms with Crippen molar-refractivity contribution in [3.63, 3.8) is 0 Å². The van der Waals surface area contributed by atoms with Gasteiger partial charge in [0.2, 0.25) is 5.91 Å². The van der Waals surface area contributed by atoms with Gasteiger partial charge in [0.15, 0.2) is 0 Å². The van der Waals surface area contributed by atoms with Crippen LogP contribution in [0.1, 0.15) is 67.4 Å². The Morgan fingerprint density at radius 2 is 2.08 bits per heavy atom. The second kappa shape index (κ2) is 6.57. The molecule has 0 aromatic heterocycles. The van der Waals surface area contributed by atoms with Crippen LogP contribution >= 0.6 is 0 Å². The molecule has 138 valence electrons. The normalized spacial score (nSPS) is 29.8. The third-order valence-corrected chi connectivity index (χ3v) is 6.19. The van der Waals surface area contributed by atoms with Crippen LogP contribution in [0.15, 0.2) is 30.5 Å². The number of ether oxygens (including phenoxy) is 1. The minimum absolute atomic E-state index is 0.0856. The van der Waals surface area contributed by atoms with Crippen molar-refractivity contribution in [1.82, 2.24) is 4.90 Å². The first-order chi connectivity index (χ1) is 12.5. The van der Waals surface area contributed by atoms with Crippen molar-refractivity contribution in [2.24, 2.45) is 11.8 Å². The molecule has 2 fully saturated rings. The van der Waals surface area contributed by atoms with Crippen molar-refractivity contribution in [3.05, 3.63) is 47.2 Å². The minimum atomic E-state index is -0.254. The average molecular weight is 353 g/mol. The Morgan fingerprint density at radius 1 is 1.27 bits per heavy atom. The highest BCUT2D eigenvalue weighted by atomic mass is 16.5. The van der Waals surface area contributed by atoms with E-state index in [1.807, 2.05) is 56.1 Å². The van der Waals surface area contributed by atoms with Gasteiger partial charge in [-0.2, -0.15) is 0 Å². The molecule has 4 nitrogen and oxygen atoms in total. The maximum absolute atomic E-state index is 13.0. The Hall–Kier alpha value is -2.10. The molecule has 1 saturated heterocycles. The topological polar surface area (TPSA) is 46.6 Å². The summed E-state index contributed by atoms with van der Waals surface area (Å²) in [5, 5.41) is 0. The molecule has 1 amide bonds. The third kappa shape index (κ3) is 2.67. The number of benzene rings is 1. The smallest absolute Gasteiger partial charge is 0.338 e. The van der Waals surface area contributed by atoms with E-state index in [0.29, 0.717) is 23.4 Å². The van der Waals surface area contributed by atoms with E-state index in [0.717, 1.165) is 25.7 Å². The van der Waals surface area contributed by atoms with Gasteiger partial charge in [0.25, 0.3) is 0 Å². The lowest BCUT2D eigenvalue weighted by Gasteiger charge is -2.41. The molecule has 0 radical (unpaired) electrons. The first-order valence-electron chi connectivity index (χ1n) is 9.80. The van der Waals surface area contributed by atoms with Gasteiger partial charge in [-0.25, -0.2) is 4.79 Å². The molecule has 26 heavy (non-hydrogen) atoms. The molecule has 1 aromatic rings. The molecule has 1 heterocycles. The van der Waals surface area contributed by atoms with E-state index in [4.69, 9.17) is 4.74 Å². The van der Waals surface area contributed by atoms with Crippen molar-refractivity contribution in [1.29, 1.82) is 0 Å². The molecule has 4 rings (SSSR count). The van der Waals surface area contributed by atoms with Crippen LogP contribution in [-0.4, -0.2) is 28.9 Å². The lowest BCUT2D eigenvalue weighted by molar-refractivity contribution is -0.129. The zero-order valence-electron chi connectivity index (χ0n) is 15.8. The summed E-state index contributed by atoms with van der Waals surface area (Å²) in [6, 6.07) is 6.23. The van der Waals surface area contributed by atoms with E-state index in [9.17, 15) is 9.59 Å². The summed E-state index contributed by atoms with van der Waals surface area (Å²) in [5.41, 5.74) is 3.13. The first kappa shape index (κ1) is 17.3. The highest BCUT2D eigenvalue weighted by Crippen LogP contribution is 2.53. The zero-order valence-corrected chi connectivity index (χ0v) is 15.8. The molecular weight excluding hydrogens is 326 g/mol. The second-order valence-electron chi connectivity index (χ2n) is 8.09. The molecule has 1 aliphatic heterocycles. The van der Waals surface area contributed by atoms with Crippen LogP contribution in [0, 0.1) is 11.8 Å². The molecule has 1 saturated carbocycles. The fourth-order valence-electron chi connectivity index (χ4n) is 5.30. The second-order valence-corrected chi connectivity index (χ2v) is 8.09. The Labute approximate surface area is 155 Å². The van der Waals surface area contributed by atoms with Gasteiger partial charge in [-0.15, -0.1) is 0 Å². The van der Waals surface area contributed by atoms with Crippen LogP contribution < -0.4 is 0 Å². The molecule has 0 spiro atoms. The van der Waals surface area contributed by atoms with Gasteiger partial charge >= 0.3 is 5.97 Å². The number of hydrogen-bond acceptors (Lipinski definition) is 3. The summed E-state index contributed by atoms with van der Waals surface area (Å²) in [6.45, 7) is 5.70. The standard InChI is InChI=1S/C22H27NO3/c1-4-10-23-19-7-5-6-16-17-12-15(22(25)26-13(2)3)9-8-14(17)11-18(20(16)19)21(23)24/h4,8-10,12-13,16,18-20H,5-7,11H2,1-3H3/b10-4+. The molecule has 4 heteroatoms. The van der Waals surface area contributed by atoms with E-state index in [1.165, 1.54) is 11.1 Å². The lowest BCUT2D eigenvalue weighted by Crippen LogP contribution is -2.38. The predicted octanol–water partition coefficient (Wildman–Crippen LogP) is 4.05. The Kier molecular flexibility index (Phi) is 4.37. The average Bonchev–Trinajstić information content (AvgIpc) is 2.88. The number of carbonyl (C=O) groups is 2. The van der Waals surface area contributed by atoms with Gasteiger partial charge in [-0.3, -0.25) is 4.79 Å². The number of likely N-dealkylation sites (tertiary alicyclic amines) is 1. The number of amides is 1. The molecule has 4 atom stereocenters. The summed E-state index contributed by atoms with van der Waals surface area (Å²) >= 11 is 0. The van der Waals surface area contributed by atoms with Crippen LogP contribution in [0.4, 0.5) is 0 Å². The number of esters is 1. The fraction of sp³-hybridized carbons (Fsp3) is 0.545. The van der Waals surface area contributed by atoms with Gasteiger partial charge in [0, 0.05) is 18.2 Å². The Balaban J connectivity index is 1.71. The van der Waals surface area contributed by atoms with E-state index in [1.54, 1.807) is 0 Å². The number of carbonyl (C=O) groups excluding carboxylic acids is 2. The summed E-state index contributed by atoms with van der Waals surface area (Å²) in [6.07, 6.45) is 7.90. The highest BCUT2D eigenvalue weighted by Gasteiger charge is 2.54. The largest absolute Gasteiger partial charge is 0.459 e. The first-order valence-corrected chi connectivity index (χ1v) is 9.80. The van der Waals surface area contributed by atoms with Gasteiger partial charge in [-0.1, -0.05) is 18.6 Å². The zero-order chi connectivity index (χ0) is 18.4. The predicted molar refractivity (Wildman–Crippen MR) is 99.7 cm³/mol. The minimum Gasteiger partial charge on any atom is -0.459 e. The van der Waals surface area contributed by atoms with Crippen molar-refractivity contribution in [2.45, 2.75) is 64.5 Å². The maximum Gasteiger partial charge on any atom is 0.338 e. The highest BCUT2D eigenvalue weighted by molar-refractivity contribution is 5.90. The van der Waals surface area contributed by atoms with Crippen LogP contribution in [-0.2, 0) is 16.0 Å². The van der Waals surface area contributed by atoms with Crippen molar-refractivity contribution in [3.8, 4) is 0 Å². The Morgan fingerprint density at radius 3 is 2.81 bits per heavy atom. The number of fused-ring (bicyclic) bond motifs is 2. The molecule has 4 unspecified atom stereocenters. The van der Waals surface area contributed by atoms with E-state index >= 15 is 0 Å². The Bertz CT molecular complexity index is 767. The quantitative estimate of drug-likeness (QED) is 0.770. The van der Waals surface area contributed by atoms with Crippen molar-refractivity contribution < 1.29 is 14.3 Å². The van der Waals surface area contributed by atoms with E-state index in [-0.39, 0.29) is 23.9 Å². The molecule has 2 aliphatic carbocycles. The summed E-state index contributed by atoms with van der Waals surface area (Å²) in [7, 11) is 0. The van der Waals surface area contributed by atoms with Crippen LogP contribution in [0.25, 0.3) is 0 Å². The number of hydrogen-bond donors (Lipinski definition) is 0. The number of allylic oxidation sites excluding steroid dienone is 1. The van der Waals surface area contributed by atoms with E-state index < -0.39 is 0 Å². The van der Waals surface area contributed by atoms with Gasteiger partial charge < -0.3 is 9.64 Å². The van der Waals surface area contributed by atoms with E-state index in [2.05, 4.69) is 0 Å². The number of nitrogens with zero attached hydrogens (tertiary/aromatic N) is 1. The SMILES string of the molecule is C/C=C/N1C(=O)C2Cc3ccc(C(=O)OC(C)C)cc3C3CCCC1C23. The molecule has 3 aliphatic rings. The third-order valence-electron chi connectivity index (χ3n) is 6.19. The molecule has 1 aromatic carbocycles. The summed E-state index contributed by atoms with van der Waals surface area (Å²) < 4.78 is 5.37. The monoisotopic (exact) mass is 353 g/mol. The molecular formula is C22H27NO3. The van der Waals surface area contributed by atoms with Crippen LogP contribution in [0.3, 0.4) is 0 Å².